The first-order valence-corrected chi connectivity index (χ1v) is 7.91. The highest BCUT2D eigenvalue weighted by atomic mass is 15.2. The van der Waals surface area contributed by atoms with Crippen LogP contribution in [0.4, 0.5) is 11.4 Å². The highest BCUT2D eigenvalue weighted by Gasteiger charge is 2.17. The maximum atomic E-state index is 3.61. The average molecular weight is 280 g/mol. The van der Waals surface area contributed by atoms with Crippen LogP contribution in [0.2, 0.25) is 0 Å². The molecule has 0 saturated carbocycles. The molecule has 1 heterocycles. The van der Waals surface area contributed by atoms with Gasteiger partial charge in [-0.3, -0.25) is 0 Å². The molecule has 1 aliphatic rings. The summed E-state index contributed by atoms with van der Waals surface area (Å²) in [6, 6.07) is 17.4. The number of rotatable bonds is 5. The fourth-order valence-corrected chi connectivity index (χ4v) is 3.13. The van der Waals surface area contributed by atoms with Gasteiger partial charge < -0.3 is 10.2 Å². The van der Waals surface area contributed by atoms with Gasteiger partial charge in [-0.15, -0.1) is 0 Å². The van der Waals surface area contributed by atoms with Crippen LogP contribution in [0.5, 0.6) is 0 Å². The van der Waals surface area contributed by atoms with E-state index in [9.17, 15) is 0 Å². The van der Waals surface area contributed by atoms with Crippen LogP contribution in [-0.2, 0) is 6.42 Å². The van der Waals surface area contributed by atoms with Gasteiger partial charge in [0.15, 0.2) is 0 Å². The van der Waals surface area contributed by atoms with Gasteiger partial charge in [0.2, 0.25) is 0 Å². The molecule has 0 radical (unpaired) electrons. The Balaban J connectivity index is 1.61. The van der Waals surface area contributed by atoms with Gasteiger partial charge in [-0.2, -0.15) is 0 Å². The van der Waals surface area contributed by atoms with E-state index in [4.69, 9.17) is 0 Å². The first kappa shape index (κ1) is 14.0. The van der Waals surface area contributed by atoms with E-state index in [0.717, 1.165) is 19.6 Å². The average Bonchev–Trinajstić information content (AvgIpc) is 2.91. The Morgan fingerprint density at radius 3 is 2.67 bits per heavy atom. The molecule has 2 nitrogen and oxygen atoms in total. The minimum absolute atomic E-state index is 0.557. The van der Waals surface area contributed by atoms with E-state index >= 15 is 0 Å². The Kier molecular flexibility index (Phi) is 4.14. The van der Waals surface area contributed by atoms with Crippen LogP contribution in [0.1, 0.15) is 30.9 Å². The van der Waals surface area contributed by atoms with Crippen LogP contribution in [0, 0.1) is 0 Å². The minimum atomic E-state index is 0.557. The first-order valence-electron chi connectivity index (χ1n) is 7.91. The first-order chi connectivity index (χ1) is 10.3. The van der Waals surface area contributed by atoms with Crippen molar-refractivity contribution in [3.8, 4) is 0 Å². The Bertz CT molecular complexity index is 604. The summed E-state index contributed by atoms with van der Waals surface area (Å²) in [6.45, 7) is 7.68. The summed E-state index contributed by atoms with van der Waals surface area (Å²) >= 11 is 0. The summed E-state index contributed by atoms with van der Waals surface area (Å²) in [4.78, 5) is 2.49. The molecular weight excluding hydrogens is 256 g/mol. The van der Waals surface area contributed by atoms with Crippen molar-refractivity contribution in [2.75, 3.05) is 29.9 Å². The Hall–Kier alpha value is -1.96. The van der Waals surface area contributed by atoms with E-state index in [2.05, 4.69) is 72.6 Å². The number of fused-ring (bicyclic) bond motifs is 1. The fourth-order valence-electron chi connectivity index (χ4n) is 3.13. The van der Waals surface area contributed by atoms with Crippen LogP contribution < -0.4 is 10.2 Å². The summed E-state index contributed by atoms with van der Waals surface area (Å²) in [7, 11) is 0. The second-order valence-electron chi connectivity index (χ2n) is 6.03. The molecule has 0 aromatic heterocycles. The van der Waals surface area contributed by atoms with Crippen molar-refractivity contribution in [3.05, 3.63) is 59.7 Å². The maximum Gasteiger partial charge on any atom is 0.0400 e. The largest absolute Gasteiger partial charge is 0.383 e. The highest BCUT2D eigenvalue weighted by molar-refractivity contribution is 5.58. The van der Waals surface area contributed by atoms with Gasteiger partial charge in [0, 0.05) is 31.0 Å². The lowest BCUT2D eigenvalue weighted by atomic mass is 10.0. The molecule has 2 aromatic carbocycles. The fraction of sp³-hybridized carbons (Fsp3) is 0.368. The quantitative estimate of drug-likeness (QED) is 0.879. The molecule has 1 aliphatic heterocycles. The van der Waals surface area contributed by atoms with E-state index in [1.165, 1.54) is 28.9 Å². The molecule has 0 amide bonds. The molecule has 21 heavy (non-hydrogen) atoms. The van der Waals surface area contributed by atoms with Crippen molar-refractivity contribution in [3.63, 3.8) is 0 Å². The molecule has 1 N–H and O–H groups in total. The highest BCUT2D eigenvalue weighted by Crippen LogP contribution is 2.27. The summed E-state index contributed by atoms with van der Waals surface area (Å²) in [5.74, 6) is 0.557. The topological polar surface area (TPSA) is 15.3 Å². The number of nitrogens with zero attached hydrogens (tertiary/aromatic N) is 1. The Labute approximate surface area is 127 Å². The lowest BCUT2D eigenvalue weighted by Gasteiger charge is -2.21. The van der Waals surface area contributed by atoms with Crippen LogP contribution >= 0.6 is 0 Å². The van der Waals surface area contributed by atoms with Crippen molar-refractivity contribution >= 4 is 11.4 Å². The lowest BCUT2D eigenvalue weighted by Crippen LogP contribution is -2.27. The van der Waals surface area contributed by atoms with Gasteiger partial charge in [-0.05, 0) is 35.6 Å². The van der Waals surface area contributed by atoms with Gasteiger partial charge in [0.25, 0.3) is 0 Å². The molecule has 0 spiro atoms. The molecule has 0 bridgehead atoms. The smallest absolute Gasteiger partial charge is 0.0400 e. The van der Waals surface area contributed by atoms with Crippen LogP contribution in [0.3, 0.4) is 0 Å². The Morgan fingerprint density at radius 2 is 1.81 bits per heavy atom. The standard InChI is InChI=1S/C19H24N2/c1-15(2)17-8-4-5-9-18(17)20-12-14-21-13-11-16-7-3-6-10-19(16)21/h3-10,15,20H,11-14H2,1-2H3. The zero-order valence-corrected chi connectivity index (χ0v) is 13.0. The molecule has 0 atom stereocenters. The minimum Gasteiger partial charge on any atom is -0.383 e. The maximum absolute atomic E-state index is 3.61. The van der Waals surface area contributed by atoms with Crippen molar-refractivity contribution < 1.29 is 0 Å². The van der Waals surface area contributed by atoms with E-state index in [1.54, 1.807) is 0 Å². The van der Waals surface area contributed by atoms with Crippen molar-refractivity contribution in [2.24, 2.45) is 0 Å². The molecule has 2 heteroatoms. The van der Waals surface area contributed by atoms with Crippen molar-refractivity contribution in [1.29, 1.82) is 0 Å². The third kappa shape index (κ3) is 3.05. The van der Waals surface area contributed by atoms with Gasteiger partial charge in [-0.25, -0.2) is 0 Å². The molecule has 2 aromatic rings. The van der Waals surface area contributed by atoms with Crippen LogP contribution in [0.15, 0.2) is 48.5 Å². The third-order valence-corrected chi connectivity index (χ3v) is 4.26. The third-order valence-electron chi connectivity index (χ3n) is 4.26. The molecule has 0 aliphatic carbocycles. The van der Waals surface area contributed by atoms with Gasteiger partial charge >= 0.3 is 0 Å². The molecule has 110 valence electrons. The monoisotopic (exact) mass is 280 g/mol. The molecule has 0 fully saturated rings. The van der Waals surface area contributed by atoms with E-state index in [0.29, 0.717) is 5.92 Å². The van der Waals surface area contributed by atoms with Gasteiger partial charge in [0.1, 0.15) is 0 Å². The van der Waals surface area contributed by atoms with Crippen molar-refractivity contribution in [2.45, 2.75) is 26.2 Å². The predicted molar refractivity (Wildman–Crippen MR) is 91.4 cm³/mol. The normalized spacial score (nSPS) is 13.6. The summed E-state index contributed by atoms with van der Waals surface area (Å²) in [5.41, 5.74) is 5.58. The van der Waals surface area contributed by atoms with Gasteiger partial charge in [0.05, 0.1) is 0 Å². The number of nitrogens with one attached hydrogen (secondary N) is 1. The molecule has 3 rings (SSSR count). The van der Waals surface area contributed by atoms with Crippen LogP contribution in [-0.4, -0.2) is 19.6 Å². The molecular formula is C19H24N2. The van der Waals surface area contributed by atoms with E-state index in [-0.39, 0.29) is 0 Å². The van der Waals surface area contributed by atoms with E-state index < -0.39 is 0 Å². The zero-order valence-electron chi connectivity index (χ0n) is 13.0. The second-order valence-corrected chi connectivity index (χ2v) is 6.03. The molecule has 0 unspecified atom stereocenters. The SMILES string of the molecule is CC(C)c1ccccc1NCCN1CCc2ccccc21. The number of hydrogen-bond donors (Lipinski definition) is 1. The number of para-hydroxylation sites is 2. The number of benzene rings is 2. The number of anilines is 2. The van der Waals surface area contributed by atoms with Crippen molar-refractivity contribution in [1.82, 2.24) is 0 Å². The van der Waals surface area contributed by atoms with Gasteiger partial charge in [-0.1, -0.05) is 50.2 Å². The zero-order chi connectivity index (χ0) is 14.7. The van der Waals surface area contributed by atoms with E-state index in [1.807, 2.05) is 0 Å². The molecule has 0 saturated heterocycles. The second kappa shape index (κ2) is 6.21. The summed E-state index contributed by atoms with van der Waals surface area (Å²) < 4.78 is 0. The number of hydrogen-bond acceptors (Lipinski definition) is 2. The lowest BCUT2D eigenvalue weighted by molar-refractivity contribution is 0.831. The predicted octanol–water partition coefficient (Wildman–Crippen LogP) is 4.28. The van der Waals surface area contributed by atoms with Crippen LogP contribution in [0.25, 0.3) is 0 Å². The summed E-state index contributed by atoms with van der Waals surface area (Å²) in [6.07, 6.45) is 1.18. The summed E-state index contributed by atoms with van der Waals surface area (Å²) in [5, 5.41) is 3.61. The Morgan fingerprint density at radius 1 is 1.05 bits per heavy atom.